The van der Waals surface area contributed by atoms with Crippen LogP contribution in [-0.2, 0) is 28.5 Å². The number of nitrogens with one attached hydrogen (secondary N) is 1. The highest BCUT2D eigenvalue weighted by Crippen LogP contribution is 2.69. The molecular formula is C38H68N2O10. The van der Waals surface area contributed by atoms with Crippen LogP contribution in [-0.4, -0.2) is 131 Å². The lowest BCUT2D eigenvalue weighted by Gasteiger charge is -2.50. The minimum absolute atomic E-state index is 0.0509. The highest BCUT2D eigenvalue weighted by Gasteiger charge is 2.67. The summed E-state index contributed by atoms with van der Waals surface area (Å²) in [7, 11) is 3.85. The SMILES string of the molecule is CC[C@H]1OC(=O)[C@H](C)[C@H]2O[C@H]3C[C@@](C)(CC2[C@@H](O[C@@H]2O[C@H](C)C[C@H](N(C)C)[C@H]2O)[C@](C)(O)C[C@@H](C)CN[C@H](C)[C@@H](O)[C@]1(C)O)C1(CC1)[C@H](C)O3. The van der Waals surface area contributed by atoms with Gasteiger partial charge in [0.15, 0.2) is 12.6 Å². The zero-order chi connectivity index (χ0) is 37.1. The second kappa shape index (κ2) is 14.7. The standard InChI is InChI=1S/C38H68N2O10/c1-12-27-37(9,45)31(42)23(5)39-19-20(2)16-36(8,44)32(50-34-29(41)26(40(10)11)15-21(3)46-34)25-17-35(7)18-28(47-24(6)38(35)13-14-38)49-30(25)22(4)33(43)48-27/h20-32,34,39,41-42,44-45H,12-19H2,1-11H3/t20-,21-,22-,23-,24+,25?,26+,27-,28+,29-,30-,31-,32-,34+,35-,36-,37-/m1/s1. The monoisotopic (exact) mass is 712 g/mol. The molecule has 12 nitrogen and oxygen atoms in total. The van der Waals surface area contributed by atoms with Crippen molar-refractivity contribution in [1.29, 1.82) is 0 Å². The van der Waals surface area contributed by atoms with Crippen molar-refractivity contribution in [3.8, 4) is 0 Å². The highest BCUT2D eigenvalue weighted by molar-refractivity contribution is 5.73. The maximum absolute atomic E-state index is 14.2. The molecule has 1 unspecified atom stereocenters. The van der Waals surface area contributed by atoms with E-state index in [2.05, 4.69) is 19.2 Å². The molecule has 4 heterocycles. The van der Waals surface area contributed by atoms with Gasteiger partial charge in [-0.3, -0.25) is 4.79 Å². The van der Waals surface area contributed by atoms with Crippen LogP contribution in [0.15, 0.2) is 0 Å². The first-order valence-corrected chi connectivity index (χ1v) is 19.2. The summed E-state index contributed by atoms with van der Waals surface area (Å²) < 4.78 is 32.7. The topological polar surface area (TPSA) is 159 Å². The summed E-state index contributed by atoms with van der Waals surface area (Å²) in [6.07, 6.45) is -2.31. The zero-order valence-electron chi connectivity index (χ0n) is 32.4. The number of aliphatic hydroxyl groups is 4. The van der Waals surface area contributed by atoms with Gasteiger partial charge in [0.25, 0.3) is 0 Å². The van der Waals surface area contributed by atoms with E-state index in [1.54, 1.807) is 20.8 Å². The summed E-state index contributed by atoms with van der Waals surface area (Å²) >= 11 is 0. The summed E-state index contributed by atoms with van der Waals surface area (Å²) in [5, 5.41) is 50.7. The van der Waals surface area contributed by atoms with E-state index in [9.17, 15) is 25.2 Å². The molecule has 5 aliphatic rings. The van der Waals surface area contributed by atoms with Gasteiger partial charge in [0.2, 0.25) is 0 Å². The Morgan fingerprint density at radius 3 is 2.22 bits per heavy atom. The van der Waals surface area contributed by atoms with Gasteiger partial charge in [0.1, 0.15) is 23.9 Å². The number of hydrogen-bond donors (Lipinski definition) is 5. The number of ether oxygens (including phenoxy) is 5. The van der Waals surface area contributed by atoms with Crippen LogP contribution in [0.4, 0.5) is 0 Å². The van der Waals surface area contributed by atoms with Gasteiger partial charge in [0.05, 0.1) is 35.9 Å². The van der Waals surface area contributed by atoms with Crippen molar-refractivity contribution < 1.29 is 48.9 Å². The molecule has 5 rings (SSSR count). The fourth-order valence-electron chi connectivity index (χ4n) is 10.3. The predicted molar refractivity (Wildman–Crippen MR) is 187 cm³/mol. The summed E-state index contributed by atoms with van der Waals surface area (Å²) in [5.41, 5.74) is -3.51. The summed E-state index contributed by atoms with van der Waals surface area (Å²) in [5.74, 6) is -2.06. The Hall–Kier alpha value is -0.930. The quantitative estimate of drug-likeness (QED) is 0.272. The van der Waals surface area contributed by atoms with Crippen LogP contribution in [0.2, 0.25) is 0 Å². The molecular weight excluding hydrogens is 644 g/mol. The van der Waals surface area contributed by atoms with Gasteiger partial charge in [-0.05, 0) is 112 Å². The van der Waals surface area contributed by atoms with Crippen molar-refractivity contribution in [2.24, 2.45) is 28.6 Å². The third kappa shape index (κ3) is 7.54. The molecule has 1 saturated carbocycles. The Bertz CT molecular complexity index is 1180. The molecule has 1 spiro atoms. The third-order valence-corrected chi connectivity index (χ3v) is 13.5. The molecule has 4 aliphatic heterocycles. The molecule has 0 aromatic rings. The van der Waals surface area contributed by atoms with E-state index in [0.717, 1.165) is 12.8 Å². The van der Waals surface area contributed by atoms with E-state index >= 15 is 0 Å². The number of fused-ring (bicyclic) bond motifs is 4. The highest BCUT2D eigenvalue weighted by atomic mass is 16.7. The van der Waals surface area contributed by atoms with Crippen molar-refractivity contribution >= 4 is 5.97 Å². The molecule has 5 fully saturated rings. The number of rotatable bonds is 4. The smallest absolute Gasteiger partial charge is 0.311 e. The van der Waals surface area contributed by atoms with Crippen molar-refractivity contribution in [1.82, 2.24) is 10.2 Å². The maximum Gasteiger partial charge on any atom is 0.311 e. The molecule has 0 aromatic carbocycles. The van der Waals surface area contributed by atoms with Crippen molar-refractivity contribution in [2.75, 3.05) is 20.6 Å². The number of carbonyl (C=O) groups excluding carboxylic acids is 1. The lowest BCUT2D eigenvalue weighted by atomic mass is 9.61. The van der Waals surface area contributed by atoms with E-state index < -0.39 is 78.1 Å². The number of hydrogen-bond acceptors (Lipinski definition) is 12. The molecule has 4 saturated heterocycles. The summed E-state index contributed by atoms with van der Waals surface area (Å²) in [6.45, 7) is 17.5. The molecule has 290 valence electrons. The van der Waals surface area contributed by atoms with Gasteiger partial charge < -0.3 is 54.3 Å². The van der Waals surface area contributed by atoms with Gasteiger partial charge in [0, 0.05) is 29.8 Å². The van der Waals surface area contributed by atoms with Gasteiger partial charge in [-0.1, -0.05) is 20.8 Å². The Labute approximate surface area is 299 Å². The average Bonchev–Trinajstić information content (AvgIpc) is 3.85. The number of likely N-dealkylation sites (N-methyl/N-ethyl adjacent to an activating group) is 1. The number of nitrogens with zero attached hydrogens (tertiary/aromatic N) is 1. The molecule has 17 atom stereocenters. The Morgan fingerprint density at radius 2 is 1.62 bits per heavy atom. The summed E-state index contributed by atoms with van der Waals surface area (Å²) in [4.78, 5) is 16.2. The molecule has 0 aromatic heterocycles. The Kier molecular flexibility index (Phi) is 11.8. The van der Waals surface area contributed by atoms with Crippen molar-refractivity contribution in [2.45, 2.75) is 186 Å². The Morgan fingerprint density at radius 1 is 0.960 bits per heavy atom. The van der Waals surface area contributed by atoms with Gasteiger partial charge in [-0.15, -0.1) is 0 Å². The van der Waals surface area contributed by atoms with Crippen molar-refractivity contribution in [3.05, 3.63) is 0 Å². The van der Waals surface area contributed by atoms with Crippen LogP contribution in [0.5, 0.6) is 0 Å². The van der Waals surface area contributed by atoms with E-state index in [0.29, 0.717) is 32.2 Å². The first kappa shape index (κ1) is 40.3. The Balaban J connectivity index is 1.63. The second-order valence-corrected chi connectivity index (χ2v) is 17.9. The fourth-order valence-corrected chi connectivity index (χ4v) is 10.3. The van der Waals surface area contributed by atoms with E-state index in [4.69, 9.17) is 23.7 Å². The lowest BCUT2D eigenvalue weighted by Crippen LogP contribution is -2.60. The molecule has 0 amide bonds. The van der Waals surface area contributed by atoms with E-state index in [1.165, 1.54) is 6.92 Å². The first-order chi connectivity index (χ1) is 23.2. The average molecular weight is 713 g/mol. The van der Waals surface area contributed by atoms with Crippen LogP contribution in [0, 0.1) is 28.6 Å². The second-order valence-electron chi connectivity index (χ2n) is 17.9. The largest absolute Gasteiger partial charge is 0.459 e. The van der Waals surface area contributed by atoms with E-state index in [-0.39, 0.29) is 41.4 Å². The fraction of sp³-hybridized carbons (Fsp3) is 0.974. The van der Waals surface area contributed by atoms with Crippen molar-refractivity contribution in [3.63, 3.8) is 0 Å². The molecule has 50 heavy (non-hydrogen) atoms. The molecule has 0 radical (unpaired) electrons. The van der Waals surface area contributed by atoms with E-state index in [1.807, 2.05) is 39.8 Å². The number of esters is 1. The number of cyclic esters (lactones) is 1. The maximum atomic E-state index is 14.2. The lowest BCUT2D eigenvalue weighted by molar-refractivity contribution is -0.304. The summed E-state index contributed by atoms with van der Waals surface area (Å²) in [6, 6.07) is -0.765. The zero-order valence-corrected chi connectivity index (χ0v) is 32.4. The number of aliphatic hydroxyl groups excluding tert-OH is 2. The molecule has 5 N–H and O–H groups in total. The van der Waals surface area contributed by atoms with Crippen LogP contribution in [0.25, 0.3) is 0 Å². The first-order valence-electron chi connectivity index (χ1n) is 19.2. The predicted octanol–water partition coefficient (Wildman–Crippen LogP) is 2.96. The minimum atomic E-state index is -1.74. The normalized spacial score (nSPS) is 52.0. The molecule has 2 bridgehead atoms. The minimum Gasteiger partial charge on any atom is -0.459 e. The van der Waals surface area contributed by atoms with Crippen LogP contribution in [0.3, 0.4) is 0 Å². The number of carbonyl (C=O) groups is 1. The van der Waals surface area contributed by atoms with Crippen LogP contribution >= 0.6 is 0 Å². The molecule has 1 aliphatic carbocycles. The molecule has 12 heteroatoms. The van der Waals surface area contributed by atoms with Crippen LogP contribution in [0.1, 0.15) is 107 Å². The third-order valence-electron chi connectivity index (χ3n) is 13.5. The van der Waals surface area contributed by atoms with Gasteiger partial charge in [-0.2, -0.15) is 0 Å². The van der Waals surface area contributed by atoms with Gasteiger partial charge >= 0.3 is 5.97 Å². The van der Waals surface area contributed by atoms with Crippen LogP contribution < -0.4 is 5.32 Å². The van der Waals surface area contributed by atoms with Gasteiger partial charge in [-0.25, -0.2) is 0 Å².